The monoisotopic (exact) mass is 278 g/mol. The highest BCUT2D eigenvalue weighted by Crippen LogP contribution is 2.30. The highest BCUT2D eigenvalue weighted by Gasteiger charge is 2.21. The minimum atomic E-state index is 0.400. The van der Waals surface area contributed by atoms with Gasteiger partial charge in [-0.05, 0) is 24.6 Å². The van der Waals surface area contributed by atoms with Crippen LogP contribution in [0.2, 0.25) is 0 Å². The highest BCUT2D eigenvalue weighted by atomic mass is 16.5. The van der Waals surface area contributed by atoms with Gasteiger partial charge in [0, 0.05) is 42.5 Å². The number of pyridine rings is 1. The molecular formula is C18H18N2O. The van der Waals surface area contributed by atoms with Crippen LogP contribution in [0.4, 0.5) is 5.82 Å². The Bertz CT molecular complexity index is 671. The maximum absolute atomic E-state index is 5.32. The fourth-order valence-corrected chi connectivity index (χ4v) is 2.57. The quantitative estimate of drug-likeness (QED) is 0.857. The van der Waals surface area contributed by atoms with Crippen LogP contribution in [-0.2, 0) is 4.74 Å². The zero-order valence-electron chi connectivity index (χ0n) is 12.1. The molecule has 0 bridgehead atoms. The summed E-state index contributed by atoms with van der Waals surface area (Å²) in [6.45, 7) is 1.68. The molecule has 106 valence electrons. The number of hydrogen-bond acceptors (Lipinski definition) is 3. The van der Waals surface area contributed by atoms with Crippen molar-refractivity contribution in [1.82, 2.24) is 4.98 Å². The number of hydrogen-bond donors (Lipinski definition) is 1. The van der Waals surface area contributed by atoms with Gasteiger partial charge in [-0.15, -0.1) is 0 Å². The Morgan fingerprint density at radius 3 is 2.86 bits per heavy atom. The van der Waals surface area contributed by atoms with Gasteiger partial charge in [0.05, 0.1) is 6.61 Å². The smallest absolute Gasteiger partial charge is 0.129 e. The number of anilines is 1. The van der Waals surface area contributed by atoms with E-state index < -0.39 is 0 Å². The molecule has 0 amide bonds. The van der Waals surface area contributed by atoms with Gasteiger partial charge in [-0.3, -0.25) is 0 Å². The van der Waals surface area contributed by atoms with Crippen LogP contribution in [0.25, 0.3) is 0 Å². The van der Waals surface area contributed by atoms with Crippen LogP contribution in [-0.4, -0.2) is 25.2 Å². The summed E-state index contributed by atoms with van der Waals surface area (Å²) >= 11 is 0. The molecule has 3 rings (SSSR count). The summed E-state index contributed by atoms with van der Waals surface area (Å²) < 4.78 is 5.32. The van der Waals surface area contributed by atoms with Crippen molar-refractivity contribution in [3.8, 4) is 11.8 Å². The van der Waals surface area contributed by atoms with Crippen molar-refractivity contribution in [2.75, 3.05) is 25.6 Å². The van der Waals surface area contributed by atoms with E-state index in [1.807, 2.05) is 36.5 Å². The summed E-state index contributed by atoms with van der Waals surface area (Å²) in [7, 11) is 1.74. The van der Waals surface area contributed by atoms with Crippen molar-refractivity contribution in [2.45, 2.75) is 12.3 Å². The lowest BCUT2D eigenvalue weighted by atomic mass is 9.93. The molecule has 0 radical (unpaired) electrons. The maximum Gasteiger partial charge on any atom is 0.129 e. The van der Waals surface area contributed by atoms with Crippen molar-refractivity contribution < 1.29 is 4.74 Å². The minimum Gasteiger partial charge on any atom is -0.384 e. The molecule has 0 aliphatic carbocycles. The van der Waals surface area contributed by atoms with E-state index in [4.69, 9.17) is 4.74 Å². The van der Waals surface area contributed by atoms with E-state index in [1.165, 1.54) is 5.56 Å². The summed E-state index contributed by atoms with van der Waals surface area (Å²) in [5, 5.41) is 3.34. The first-order valence-corrected chi connectivity index (χ1v) is 7.16. The zero-order chi connectivity index (χ0) is 14.5. The number of aromatic nitrogens is 1. The molecule has 1 aromatic carbocycles. The first-order chi connectivity index (χ1) is 10.4. The molecule has 1 N–H and O–H groups in total. The molecule has 1 aromatic heterocycles. The van der Waals surface area contributed by atoms with E-state index >= 15 is 0 Å². The summed E-state index contributed by atoms with van der Waals surface area (Å²) in [5.74, 6) is 7.73. The standard InChI is InChI=1S/C18H18N2O/c1-21-13-16-9-10-19-18-17(16)11-15(12-20-18)8-7-14-5-3-2-4-6-14/h2-6,11-12,16H,9-10,13H2,1H3,(H,19,20). The maximum atomic E-state index is 5.32. The van der Waals surface area contributed by atoms with Crippen LogP contribution in [0.1, 0.15) is 29.0 Å². The topological polar surface area (TPSA) is 34.1 Å². The van der Waals surface area contributed by atoms with E-state index in [-0.39, 0.29) is 0 Å². The lowest BCUT2D eigenvalue weighted by molar-refractivity contribution is 0.176. The first-order valence-electron chi connectivity index (χ1n) is 7.16. The van der Waals surface area contributed by atoms with E-state index in [1.54, 1.807) is 7.11 Å². The Morgan fingerprint density at radius 2 is 2.05 bits per heavy atom. The fraction of sp³-hybridized carbons (Fsp3) is 0.278. The number of benzene rings is 1. The van der Waals surface area contributed by atoms with Crippen LogP contribution < -0.4 is 5.32 Å². The molecule has 1 unspecified atom stereocenters. The van der Waals surface area contributed by atoms with Gasteiger partial charge in [0.1, 0.15) is 5.82 Å². The van der Waals surface area contributed by atoms with Crippen LogP contribution in [0.5, 0.6) is 0 Å². The Kier molecular flexibility index (Phi) is 4.18. The van der Waals surface area contributed by atoms with Crippen LogP contribution >= 0.6 is 0 Å². The van der Waals surface area contributed by atoms with Gasteiger partial charge in [-0.2, -0.15) is 0 Å². The summed E-state index contributed by atoms with van der Waals surface area (Å²) in [4.78, 5) is 4.49. The second kappa shape index (κ2) is 6.43. The van der Waals surface area contributed by atoms with Crippen molar-refractivity contribution >= 4 is 5.82 Å². The molecule has 0 fully saturated rings. The first kappa shape index (κ1) is 13.7. The van der Waals surface area contributed by atoms with Gasteiger partial charge in [-0.25, -0.2) is 4.98 Å². The minimum absolute atomic E-state index is 0.400. The third-order valence-electron chi connectivity index (χ3n) is 3.64. The molecular weight excluding hydrogens is 260 g/mol. The molecule has 0 spiro atoms. The van der Waals surface area contributed by atoms with Gasteiger partial charge in [0.2, 0.25) is 0 Å². The largest absolute Gasteiger partial charge is 0.384 e. The van der Waals surface area contributed by atoms with Crippen LogP contribution in [0.15, 0.2) is 42.6 Å². The Labute approximate surface area is 125 Å². The molecule has 1 aliphatic heterocycles. The molecule has 0 saturated heterocycles. The molecule has 1 atom stereocenters. The fourth-order valence-electron chi connectivity index (χ4n) is 2.57. The van der Waals surface area contributed by atoms with Crippen molar-refractivity contribution in [3.63, 3.8) is 0 Å². The SMILES string of the molecule is COCC1CCNc2ncc(C#Cc3ccccc3)cc21. The third kappa shape index (κ3) is 3.24. The van der Waals surface area contributed by atoms with Gasteiger partial charge >= 0.3 is 0 Å². The molecule has 2 heterocycles. The number of fused-ring (bicyclic) bond motifs is 1. The van der Waals surface area contributed by atoms with Gasteiger partial charge < -0.3 is 10.1 Å². The van der Waals surface area contributed by atoms with Gasteiger partial charge in [-0.1, -0.05) is 30.0 Å². The van der Waals surface area contributed by atoms with Crippen molar-refractivity contribution in [3.05, 3.63) is 59.3 Å². The molecule has 3 heteroatoms. The van der Waals surface area contributed by atoms with Gasteiger partial charge in [0.15, 0.2) is 0 Å². The van der Waals surface area contributed by atoms with E-state index in [0.717, 1.165) is 36.5 Å². The predicted molar refractivity (Wildman–Crippen MR) is 84.4 cm³/mol. The number of rotatable bonds is 2. The number of nitrogens with one attached hydrogen (secondary N) is 1. The summed E-state index contributed by atoms with van der Waals surface area (Å²) in [5.41, 5.74) is 3.17. The molecule has 0 saturated carbocycles. The average Bonchev–Trinajstić information content (AvgIpc) is 2.54. The van der Waals surface area contributed by atoms with Crippen LogP contribution in [0, 0.1) is 11.8 Å². The Morgan fingerprint density at radius 1 is 1.24 bits per heavy atom. The third-order valence-corrected chi connectivity index (χ3v) is 3.64. The van der Waals surface area contributed by atoms with E-state index in [0.29, 0.717) is 5.92 Å². The lowest BCUT2D eigenvalue weighted by Gasteiger charge is -2.25. The second-order valence-electron chi connectivity index (χ2n) is 5.15. The normalized spacial score (nSPS) is 16.3. The number of ether oxygens (including phenoxy) is 1. The van der Waals surface area contributed by atoms with Crippen molar-refractivity contribution in [2.24, 2.45) is 0 Å². The molecule has 2 aromatic rings. The zero-order valence-corrected chi connectivity index (χ0v) is 12.1. The highest BCUT2D eigenvalue weighted by molar-refractivity contribution is 5.53. The molecule has 21 heavy (non-hydrogen) atoms. The Hall–Kier alpha value is -2.31. The van der Waals surface area contributed by atoms with Gasteiger partial charge in [0.25, 0.3) is 0 Å². The predicted octanol–water partition coefficient (Wildman–Crippen LogP) is 3.03. The van der Waals surface area contributed by atoms with Crippen LogP contribution in [0.3, 0.4) is 0 Å². The summed E-state index contributed by atoms with van der Waals surface area (Å²) in [6.07, 6.45) is 2.90. The lowest BCUT2D eigenvalue weighted by Crippen LogP contribution is -2.21. The summed E-state index contributed by atoms with van der Waals surface area (Å²) in [6, 6.07) is 12.1. The number of methoxy groups -OCH3 is 1. The van der Waals surface area contributed by atoms with Crippen molar-refractivity contribution in [1.29, 1.82) is 0 Å². The average molecular weight is 278 g/mol. The van der Waals surface area contributed by atoms with E-state index in [9.17, 15) is 0 Å². The Balaban J connectivity index is 1.88. The van der Waals surface area contributed by atoms with E-state index in [2.05, 4.69) is 28.2 Å². The molecule has 1 aliphatic rings. The molecule has 3 nitrogen and oxygen atoms in total. The second-order valence-corrected chi connectivity index (χ2v) is 5.15. The number of nitrogens with zero attached hydrogens (tertiary/aromatic N) is 1.